The van der Waals surface area contributed by atoms with E-state index in [0.29, 0.717) is 33.1 Å². The lowest BCUT2D eigenvalue weighted by molar-refractivity contribution is -0.153. The number of benzene rings is 2. The maximum absolute atomic E-state index is 14.2. The molecule has 0 fully saturated rings. The van der Waals surface area contributed by atoms with Crippen LogP contribution in [0.1, 0.15) is 49.9 Å². The van der Waals surface area contributed by atoms with Crippen molar-refractivity contribution >= 4 is 63.0 Å². The fourth-order valence-electron chi connectivity index (χ4n) is 7.21. The number of rotatable bonds is 12. The van der Waals surface area contributed by atoms with Crippen LogP contribution < -0.4 is 31.6 Å². The molecule has 2 aliphatic rings. The first kappa shape index (κ1) is 45.5. The van der Waals surface area contributed by atoms with Gasteiger partial charge in [0, 0.05) is 17.2 Å². The molecule has 0 radical (unpaired) electrons. The molecule has 20 nitrogen and oxygen atoms in total. The summed E-state index contributed by atoms with van der Waals surface area (Å²) in [7, 11) is 2.91. The molecule has 2 amide bonds. The normalized spacial score (nSPS) is 17.0. The molecule has 4 aromatic heterocycles. The van der Waals surface area contributed by atoms with Crippen LogP contribution in [-0.4, -0.2) is 90.7 Å². The van der Waals surface area contributed by atoms with Gasteiger partial charge in [-0.25, -0.2) is 38.1 Å². The first-order valence-corrected chi connectivity index (χ1v) is 20.5. The smallest absolute Gasteiger partial charge is 0.326 e. The quantitative estimate of drug-likeness (QED) is 0.0968. The third kappa shape index (κ3) is 8.02. The topological polar surface area (TPSA) is 268 Å². The zero-order valence-corrected chi connectivity index (χ0v) is 37.2. The number of methoxy groups -OCH3 is 2. The van der Waals surface area contributed by atoms with Gasteiger partial charge in [0.2, 0.25) is 23.6 Å². The number of aromatic nitrogens is 8. The van der Waals surface area contributed by atoms with Crippen LogP contribution in [0.4, 0.5) is 32.1 Å². The Bertz CT molecular complexity index is 2890. The number of nitrogen functional groups attached to an aromatic ring is 2. The van der Waals surface area contributed by atoms with Gasteiger partial charge in [0.1, 0.15) is 50.8 Å². The van der Waals surface area contributed by atoms with Crippen molar-refractivity contribution in [3.05, 3.63) is 93.0 Å². The van der Waals surface area contributed by atoms with Crippen LogP contribution in [0.3, 0.4) is 0 Å². The number of hydrogen-bond acceptors (Lipinski definition) is 16. The van der Waals surface area contributed by atoms with Gasteiger partial charge in [0.25, 0.3) is 0 Å². The van der Waals surface area contributed by atoms with Gasteiger partial charge in [-0.05, 0) is 55.8 Å². The molecule has 0 saturated heterocycles. The zero-order valence-electron chi connectivity index (χ0n) is 35.7. The second kappa shape index (κ2) is 17.9. The molecule has 8 rings (SSSR count). The van der Waals surface area contributed by atoms with E-state index in [1.807, 2.05) is 0 Å². The SMILES string of the molecule is CCOC(=O)C1(C)C(=O)Nc2nc(-c3cc(OC)n(Cc4ccccc4F)n3)nc(N)c21.CCOC(=O)C1(C)C(=O)Nc2nc(-c3nn(Cc4ccccc4F)c(OC)c3Br)nc(N)c21. The minimum Gasteiger partial charge on any atom is -0.481 e. The molecule has 2 aliphatic heterocycles. The summed E-state index contributed by atoms with van der Waals surface area (Å²) in [6.07, 6.45) is 0. The summed E-state index contributed by atoms with van der Waals surface area (Å²) in [5, 5.41) is 14.0. The molecule has 23 heteroatoms. The lowest BCUT2D eigenvalue weighted by atomic mass is 9.84. The van der Waals surface area contributed by atoms with Crippen molar-refractivity contribution in [2.75, 3.05) is 49.5 Å². The highest BCUT2D eigenvalue weighted by atomic mass is 79.9. The Kier molecular flexibility index (Phi) is 12.5. The lowest BCUT2D eigenvalue weighted by Crippen LogP contribution is -2.41. The van der Waals surface area contributed by atoms with Crippen molar-refractivity contribution in [1.82, 2.24) is 39.5 Å². The van der Waals surface area contributed by atoms with E-state index in [2.05, 4.69) is 56.7 Å². The Hall–Kier alpha value is -7.56. The summed E-state index contributed by atoms with van der Waals surface area (Å²) in [4.78, 5) is 67.5. The average Bonchev–Trinajstić information content (AvgIpc) is 3.98. The Morgan fingerprint density at radius 3 is 1.68 bits per heavy atom. The highest BCUT2D eigenvalue weighted by Gasteiger charge is 2.54. The molecule has 0 bridgehead atoms. The Morgan fingerprint density at radius 2 is 1.20 bits per heavy atom. The second-order valence-electron chi connectivity index (χ2n) is 14.7. The molecule has 65 heavy (non-hydrogen) atoms. The number of esters is 2. The van der Waals surface area contributed by atoms with Crippen molar-refractivity contribution < 1.29 is 46.9 Å². The first-order valence-electron chi connectivity index (χ1n) is 19.7. The number of nitrogens with one attached hydrogen (secondary N) is 2. The fraction of sp³-hybridized carbons (Fsp3) is 0.286. The summed E-state index contributed by atoms with van der Waals surface area (Å²) < 4.78 is 52.5. The van der Waals surface area contributed by atoms with Crippen LogP contribution in [0.2, 0.25) is 0 Å². The number of halogens is 3. The summed E-state index contributed by atoms with van der Waals surface area (Å²) in [5.74, 6) is -2.53. The molecule has 2 unspecified atom stereocenters. The molecule has 2 atom stereocenters. The van der Waals surface area contributed by atoms with Gasteiger partial charge in [-0.2, -0.15) is 10.2 Å². The van der Waals surface area contributed by atoms with Crippen molar-refractivity contribution in [2.45, 2.75) is 51.6 Å². The van der Waals surface area contributed by atoms with Crippen LogP contribution >= 0.6 is 15.9 Å². The Morgan fingerprint density at radius 1 is 0.723 bits per heavy atom. The summed E-state index contributed by atoms with van der Waals surface area (Å²) in [6.45, 7) is 6.52. The number of carbonyl (C=O) groups is 4. The average molecular weight is 960 g/mol. The number of nitrogens with two attached hydrogens (primary N) is 2. The van der Waals surface area contributed by atoms with Crippen molar-refractivity contribution in [1.29, 1.82) is 0 Å². The molecule has 6 aromatic rings. The van der Waals surface area contributed by atoms with Crippen LogP contribution in [-0.2, 0) is 52.6 Å². The number of nitrogens with zero attached hydrogens (tertiary/aromatic N) is 8. The Balaban J connectivity index is 0.000000194. The monoisotopic (exact) mass is 958 g/mol. The molecule has 0 saturated carbocycles. The van der Waals surface area contributed by atoms with Crippen LogP contribution in [0.15, 0.2) is 59.1 Å². The van der Waals surface area contributed by atoms with E-state index in [0.717, 1.165) is 0 Å². The maximum atomic E-state index is 14.2. The number of anilines is 4. The maximum Gasteiger partial charge on any atom is 0.326 e. The van der Waals surface area contributed by atoms with Gasteiger partial charge in [0.15, 0.2) is 22.5 Å². The van der Waals surface area contributed by atoms with E-state index < -0.39 is 34.6 Å². The second-order valence-corrected chi connectivity index (χ2v) is 15.4. The van der Waals surface area contributed by atoms with Gasteiger partial charge in [-0.3, -0.25) is 19.2 Å². The third-order valence-corrected chi connectivity index (χ3v) is 11.3. The highest BCUT2D eigenvalue weighted by Crippen LogP contribution is 2.44. The minimum atomic E-state index is -1.67. The summed E-state index contributed by atoms with van der Waals surface area (Å²) >= 11 is 3.43. The van der Waals surface area contributed by atoms with Gasteiger partial charge in [0.05, 0.1) is 51.6 Å². The minimum absolute atomic E-state index is 0.0541. The summed E-state index contributed by atoms with van der Waals surface area (Å²) in [5.41, 5.74) is 10.7. The standard InChI is InChI=1S/C21H20BrFN6O4.C21H21FN6O4/c1-4-33-20(31)21(2)12-15(24)25-17(26-16(12)27-19(21)30)14-13(22)18(32-3)29(28-14)9-10-7-5-6-8-11(10)23;1-4-32-20(30)21(2)15-16(23)24-17(25-18(15)26-19(21)29)13-9-14(31-3)28(27-13)10-11-7-5-6-8-12(11)22/h5-8H,4,9H2,1-3H3,(H3,24,25,26,27,30);5-9H,4,10H2,1-3H3,(H3,23,24,25,26,29). The first-order chi connectivity index (χ1) is 31.0. The van der Waals surface area contributed by atoms with E-state index in [1.165, 1.54) is 49.6 Å². The molecular formula is C42H41BrF2N12O8. The molecular weight excluding hydrogens is 918 g/mol. The molecule has 6 heterocycles. The van der Waals surface area contributed by atoms with E-state index in [4.69, 9.17) is 30.4 Å². The highest BCUT2D eigenvalue weighted by molar-refractivity contribution is 9.10. The van der Waals surface area contributed by atoms with Crippen LogP contribution in [0.5, 0.6) is 11.8 Å². The number of fused-ring (bicyclic) bond motifs is 2. The molecule has 2 aromatic carbocycles. The number of ether oxygens (including phenoxy) is 4. The van der Waals surface area contributed by atoms with Gasteiger partial charge < -0.3 is 41.0 Å². The van der Waals surface area contributed by atoms with Gasteiger partial charge in [-0.1, -0.05) is 36.4 Å². The zero-order chi connectivity index (χ0) is 47.0. The Labute approximate surface area is 377 Å². The molecule has 338 valence electrons. The fourth-order valence-corrected chi connectivity index (χ4v) is 7.83. The summed E-state index contributed by atoms with van der Waals surface area (Å²) in [6, 6.07) is 14.2. The number of amides is 2. The largest absolute Gasteiger partial charge is 0.481 e. The van der Waals surface area contributed by atoms with E-state index in [-0.39, 0.29) is 89.7 Å². The number of carbonyl (C=O) groups excluding carboxylic acids is 4. The van der Waals surface area contributed by atoms with Crippen molar-refractivity contribution in [2.24, 2.45) is 0 Å². The van der Waals surface area contributed by atoms with E-state index in [9.17, 15) is 28.0 Å². The van der Waals surface area contributed by atoms with E-state index >= 15 is 0 Å². The van der Waals surface area contributed by atoms with Crippen LogP contribution in [0.25, 0.3) is 23.0 Å². The molecule has 0 aliphatic carbocycles. The van der Waals surface area contributed by atoms with Crippen molar-refractivity contribution in [3.63, 3.8) is 0 Å². The lowest BCUT2D eigenvalue weighted by Gasteiger charge is -2.20. The van der Waals surface area contributed by atoms with Gasteiger partial charge >= 0.3 is 11.9 Å². The number of hydrogen-bond donors (Lipinski definition) is 4. The predicted molar refractivity (Wildman–Crippen MR) is 232 cm³/mol. The molecule has 0 spiro atoms. The third-order valence-electron chi connectivity index (χ3n) is 10.6. The van der Waals surface area contributed by atoms with Gasteiger partial charge in [-0.15, -0.1) is 0 Å². The van der Waals surface area contributed by atoms with E-state index in [1.54, 1.807) is 56.3 Å². The predicted octanol–water partition coefficient (Wildman–Crippen LogP) is 4.54. The van der Waals surface area contributed by atoms with Crippen LogP contribution in [0, 0.1) is 11.6 Å². The molecule has 6 N–H and O–H groups in total. The van der Waals surface area contributed by atoms with Crippen molar-refractivity contribution in [3.8, 4) is 34.8 Å².